The molecule has 0 aromatic rings. The molecule has 2 atom stereocenters. The Kier molecular flexibility index (Phi) is 6.40. The normalized spacial score (nSPS) is 15.4. The summed E-state index contributed by atoms with van der Waals surface area (Å²) in [4.78, 5) is 10.5. The average Bonchev–Trinajstić information content (AvgIpc) is 2.15. The van der Waals surface area contributed by atoms with E-state index >= 15 is 0 Å². The Morgan fingerprint density at radius 2 is 1.88 bits per heavy atom. The van der Waals surface area contributed by atoms with Crippen LogP contribution in [0, 0.1) is 0 Å². The fourth-order valence-electron chi connectivity index (χ4n) is 1.31. The highest BCUT2D eigenvalue weighted by atomic mass is 32.2. The number of hydrogen-bond donors (Lipinski definition) is 1. The van der Waals surface area contributed by atoms with Crippen LogP contribution in [-0.2, 0) is 14.6 Å². The molecule has 0 saturated carbocycles. The van der Waals surface area contributed by atoms with Crippen molar-refractivity contribution in [3.8, 4) is 0 Å². The molecule has 1 amide bonds. The molecule has 0 aromatic heterocycles. The van der Waals surface area contributed by atoms with Crippen LogP contribution in [0.25, 0.3) is 0 Å². The van der Waals surface area contributed by atoms with E-state index in [2.05, 4.69) is 4.74 Å². The molecule has 0 bridgehead atoms. The van der Waals surface area contributed by atoms with Crippen molar-refractivity contribution >= 4 is 15.9 Å². The number of carbonyl (C=O) groups excluding carboxylic acids is 1. The molecule has 0 heterocycles. The van der Waals surface area contributed by atoms with Crippen LogP contribution in [0.5, 0.6) is 0 Å². The first-order chi connectivity index (χ1) is 7.31. The first-order valence-corrected chi connectivity index (χ1v) is 7.20. The summed E-state index contributed by atoms with van der Waals surface area (Å²) in [7, 11) is -3.21. The fraction of sp³-hybridized carbons (Fsp3) is 0.900. The molecule has 0 fully saturated rings. The molecule has 16 heavy (non-hydrogen) atoms. The minimum atomic E-state index is -3.21. The molecule has 0 aromatic carbocycles. The van der Waals surface area contributed by atoms with E-state index in [0.717, 1.165) is 12.8 Å². The van der Waals surface area contributed by atoms with Crippen molar-refractivity contribution in [3.63, 3.8) is 0 Å². The maximum atomic E-state index is 11.8. The molecular weight excluding hydrogens is 230 g/mol. The van der Waals surface area contributed by atoms with Gasteiger partial charge in [-0.3, -0.25) is 0 Å². The molecule has 2 unspecified atom stereocenters. The summed E-state index contributed by atoms with van der Waals surface area (Å²) < 4.78 is 28.3. The Hall–Kier alpha value is -0.780. The number of sulfone groups is 1. The van der Waals surface area contributed by atoms with Crippen molar-refractivity contribution in [2.75, 3.05) is 5.75 Å². The van der Waals surface area contributed by atoms with Crippen molar-refractivity contribution < 1.29 is 17.9 Å². The topological polar surface area (TPSA) is 86.5 Å². The highest BCUT2D eigenvalue weighted by molar-refractivity contribution is 7.92. The molecule has 96 valence electrons. The van der Waals surface area contributed by atoms with E-state index in [1.165, 1.54) is 13.8 Å². The quantitative estimate of drug-likeness (QED) is 0.694. The fourth-order valence-corrected chi connectivity index (χ4v) is 2.93. The number of primary amides is 1. The lowest BCUT2D eigenvalue weighted by Crippen LogP contribution is -2.35. The highest BCUT2D eigenvalue weighted by Crippen LogP contribution is 2.12. The molecule has 0 aliphatic heterocycles. The smallest absolute Gasteiger partial charge is 0.404 e. The highest BCUT2D eigenvalue weighted by Gasteiger charge is 2.28. The summed E-state index contributed by atoms with van der Waals surface area (Å²) in [6.45, 7) is 5.08. The van der Waals surface area contributed by atoms with Gasteiger partial charge in [0.25, 0.3) is 0 Å². The molecule has 0 radical (unpaired) electrons. The molecule has 0 spiro atoms. The molecule has 0 rings (SSSR count). The molecular formula is C10H21NO4S. The van der Waals surface area contributed by atoms with Gasteiger partial charge in [0, 0.05) is 0 Å². The number of rotatable bonds is 7. The van der Waals surface area contributed by atoms with Crippen LogP contribution in [-0.4, -0.2) is 31.6 Å². The van der Waals surface area contributed by atoms with E-state index in [1.807, 2.05) is 6.92 Å². The van der Waals surface area contributed by atoms with Gasteiger partial charge < -0.3 is 10.5 Å². The van der Waals surface area contributed by atoms with Crippen molar-refractivity contribution in [3.05, 3.63) is 0 Å². The summed E-state index contributed by atoms with van der Waals surface area (Å²) in [5, 5.41) is -0.711. The van der Waals surface area contributed by atoms with E-state index in [9.17, 15) is 13.2 Å². The Bertz CT molecular complexity index is 313. The van der Waals surface area contributed by atoms with Gasteiger partial charge in [-0.15, -0.1) is 0 Å². The van der Waals surface area contributed by atoms with Gasteiger partial charge in [-0.05, 0) is 20.3 Å². The lowest BCUT2D eigenvalue weighted by molar-refractivity contribution is 0.115. The van der Waals surface area contributed by atoms with Gasteiger partial charge in [0.05, 0.1) is 11.0 Å². The van der Waals surface area contributed by atoms with Crippen molar-refractivity contribution in [1.29, 1.82) is 0 Å². The average molecular weight is 251 g/mol. The number of ether oxygens (including phenoxy) is 1. The largest absolute Gasteiger partial charge is 0.445 e. The SMILES string of the molecule is CCCCCS(=O)(=O)C(C)C(C)OC(N)=O. The van der Waals surface area contributed by atoms with Crippen molar-refractivity contribution in [2.45, 2.75) is 51.4 Å². The third-order valence-corrected chi connectivity index (χ3v) is 4.94. The van der Waals surface area contributed by atoms with Gasteiger partial charge in [0.1, 0.15) is 6.10 Å². The second-order valence-corrected chi connectivity index (χ2v) is 6.40. The predicted molar refractivity (Wildman–Crippen MR) is 62.9 cm³/mol. The van der Waals surface area contributed by atoms with Crippen LogP contribution >= 0.6 is 0 Å². The van der Waals surface area contributed by atoms with Gasteiger partial charge in [-0.1, -0.05) is 19.8 Å². The first-order valence-electron chi connectivity index (χ1n) is 5.49. The van der Waals surface area contributed by atoms with E-state index in [-0.39, 0.29) is 5.75 Å². The summed E-state index contributed by atoms with van der Waals surface area (Å²) in [6.07, 6.45) is 0.855. The van der Waals surface area contributed by atoms with E-state index < -0.39 is 27.3 Å². The lowest BCUT2D eigenvalue weighted by Gasteiger charge is -2.19. The second kappa shape index (κ2) is 6.73. The summed E-state index contributed by atoms with van der Waals surface area (Å²) in [6, 6.07) is 0. The summed E-state index contributed by atoms with van der Waals surface area (Å²) in [5.41, 5.74) is 4.84. The van der Waals surface area contributed by atoms with Gasteiger partial charge in [-0.25, -0.2) is 13.2 Å². The molecule has 5 nitrogen and oxygen atoms in total. The maximum absolute atomic E-state index is 11.8. The Labute approximate surface area is 97.3 Å². The Morgan fingerprint density at radius 1 is 1.31 bits per heavy atom. The van der Waals surface area contributed by atoms with Crippen LogP contribution < -0.4 is 5.73 Å². The molecule has 6 heteroatoms. The third-order valence-electron chi connectivity index (χ3n) is 2.56. The predicted octanol–water partition coefficient (Wildman–Crippen LogP) is 1.46. The molecule has 0 aliphatic carbocycles. The zero-order valence-corrected chi connectivity index (χ0v) is 10.9. The van der Waals surface area contributed by atoms with Crippen LogP contribution in [0.2, 0.25) is 0 Å². The van der Waals surface area contributed by atoms with Crippen molar-refractivity contribution in [2.24, 2.45) is 5.73 Å². The summed E-state index contributed by atoms with van der Waals surface area (Å²) >= 11 is 0. The number of unbranched alkanes of at least 4 members (excludes halogenated alkanes) is 2. The van der Waals surface area contributed by atoms with Gasteiger partial charge in [0.2, 0.25) is 0 Å². The third kappa shape index (κ3) is 5.34. The minimum Gasteiger partial charge on any atom is -0.445 e. The number of carbonyl (C=O) groups is 1. The molecule has 0 saturated heterocycles. The Morgan fingerprint density at radius 3 is 2.31 bits per heavy atom. The van der Waals surface area contributed by atoms with E-state index in [0.29, 0.717) is 6.42 Å². The van der Waals surface area contributed by atoms with Crippen LogP contribution in [0.15, 0.2) is 0 Å². The number of amides is 1. The standard InChI is InChI=1S/C10H21NO4S/c1-4-5-6-7-16(13,14)9(3)8(2)15-10(11)12/h8-9H,4-7H2,1-3H3,(H2,11,12). The minimum absolute atomic E-state index is 0.133. The van der Waals surface area contributed by atoms with E-state index in [1.54, 1.807) is 0 Å². The first kappa shape index (κ1) is 15.2. The van der Waals surface area contributed by atoms with Crippen molar-refractivity contribution in [1.82, 2.24) is 0 Å². The number of hydrogen-bond acceptors (Lipinski definition) is 4. The monoisotopic (exact) mass is 251 g/mol. The van der Waals surface area contributed by atoms with Gasteiger partial charge in [0.15, 0.2) is 9.84 Å². The molecule has 2 N–H and O–H groups in total. The van der Waals surface area contributed by atoms with Crippen LogP contribution in [0.1, 0.15) is 40.0 Å². The Balaban J connectivity index is 4.33. The van der Waals surface area contributed by atoms with Crippen LogP contribution in [0.4, 0.5) is 4.79 Å². The number of nitrogens with two attached hydrogens (primary N) is 1. The zero-order chi connectivity index (χ0) is 12.8. The molecule has 0 aliphatic rings. The lowest BCUT2D eigenvalue weighted by atomic mass is 10.3. The van der Waals surface area contributed by atoms with Gasteiger partial charge >= 0.3 is 6.09 Å². The van der Waals surface area contributed by atoms with Crippen LogP contribution in [0.3, 0.4) is 0 Å². The van der Waals surface area contributed by atoms with Gasteiger partial charge in [-0.2, -0.15) is 0 Å². The summed E-state index contributed by atoms with van der Waals surface area (Å²) in [5.74, 6) is 0.133. The maximum Gasteiger partial charge on any atom is 0.404 e. The van der Waals surface area contributed by atoms with E-state index in [4.69, 9.17) is 5.73 Å². The second-order valence-electron chi connectivity index (χ2n) is 3.92. The zero-order valence-electron chi connectivity index (χ0n) is 10.1.